The molecule has 0 spiro atoms. The predicted molar refractivity (Wildman–Crippen MR) is 58.5 cm³/mol. The summed E-state index contributed by atoms with van der Waals surface area (Å²) in [5, 5.41) is 11.4. The van der Waals surface area contributed by atoms with Crippen molar-refractivity contribution in [3.63, 3.8) is 0 Å². The zero-order valence-electron chi connectivity index (χ0n) is 9.22. The molecule has 0 bridgehead atoms. The van der Waals surface area contributed by atoms with Crippen molar-refractivity contribution in [2.24, 2.45) is 0 Å². The van der Waals surface area contributed by atoms with Gasteiger partial charge in [0.1, 0.15) is 0 Å². The van der Waals surface area contributed by atoms with E-state index in [4.69, 9.17) is 5.11 Å². The molecule has 0 amide bonds. The Morgan fingerprint density at radius 1 is 1.21 bits per heavy atom. The van der Waals surface area contributed by atoms with Crippen molar-refractivity contribution >= 4 is 5.97 Å². The number of unbranched alkanes of at least 4 members (excludes halogenated alkanes) is 2. The predicted octanol–water partition coefficient (Wildman–Crippen LogP) is 2.41. The van der Waals surface area contributed by atoms with Crippen molar-refractivity contribution in [3.05, 3.63) is 0 Å². The highest BCUT2D eigenvalue weighted by Crippen LogP contribution is 1.97. The van der Waals surface area contributed by atoms with E-state index in [1.807, 2.05) is 0 Å². The summed E-state index contributed by atoms with van der Waals surface area (Å²) in [4.78, 5) is 9.87. The van der Waals surface area contributed by atoms with Gasteiger partial charge in [0.15, 0.2) is 0 Å². The number of hydrogen-bond acceptors (Lipinski definition) is 2. The Labute approximate surface area is 86.9 Å². The minimum atomic E-state index is -0.682. The van der Waals surface area contributed by atoms with Gasteiger partial charge in [-0.25, -0.2) is 0 Å². The highest BCUT2D eigenvalue weighted by molar-refractivity contribution is 5.66. The van der Waals surface area contributed by atoms with Gasteiger partial charge in [-0.1, -0.05) is 26.2 Å². The Morgan fingerprint density at radius 3 is 2.14 bits per heavy atom. The molecule has 1 heterocycles. The third-order valence-electron chi connectivity index (χ3n) is 2.20. The first-order valence-electron chi connectivity index (χ1n) is 5.70. The minimum absolute atomic E-state index is 0.327. The Hall–Kier alpha value is -0.570. The van der Waals surface area contributed by atoms with Crippen LogP contribution >= 0.6 is 0 Å². The van der Waals surface area contributed by atoms with Gasteiger partial charge >= 0.3 is 5.97 Å². The van der Waals surface area contributed by atoms with Crippen LogP contribution in [0.25, 0.3) is 0 Å². The summed E-state index contributed by atoms with van der Waals surface area (Å²) in [5.41, 5.74) is 0. The fourth-order valence-electron chi connectivity index (χ4n) is 1.33. The quantitative estimate of drug-likeness (QED) is 0.687. The molecule has 2 N–H and O–H groups in total. The summed E-state index contributed by atoms with van der Waals surface area (Å²) in [7, 11) is 0. The molecule has 1 saturated heterocycles. The van der Waals surface area contributed by atoms with Gasteiger partial charge < -0.3 is 10.4 Å². The first-order valence-corrected chi connectivity index (χ1v) is 5.70. The molecular weight excluding hydrogens is 178 g/mol. The molecular formula is C11H23NO2. The van der Waals surface area contributed by atoms with Gasteiger partial charge in [0.2, 0.25) is 0 Å². The van der Waals surface area contributed by atoms with Gasteiger partial charge in [-0.3, -0.25) is 4.79 Å². The molecule has 3 nitrogen and oxygen atoms in total. The van der Waals surface area contributed by atoms with Gasteiger partial charge in [0, 0.05) is 6.42 Å². The number of nitrogens with one attached hydrogen (secondary N) is 1. The van der Waals surface area contributed by atoms with Crippen molar-refractivity contribution in [2.75, 3.05) is 13.1 Å². The maximum absolute atomic E-state index is 9.87. The fourth-order valence-corrected chi connectivity index (χ4v) is 1.33. The highest BCUT2D eigenvalue weighted by Gasteiger charge is 1.93. The average Bonchev–Trinajstić information content (AvgIpc) is 2.21. The molecule has 14 heavy (non-hydrogen) atoms. The molecule has 0 aliphatic carbocycles. The van der Waals surface area contributed by atoms with E-state index in [9.17, 15) is 4.79 Å². The molecule has 84 valence electrons. The Bertz CT molecular complexity index is 122. The summed E-state index contributed by atoms with van der Waals surface area (Å²) in [6, 6.07) is 0. The maximum atomic E-state index is 9.87. The monoisotopic (exact) mass is 201 g/mol. The Morgan fingerprint density at radius 2 is 1.86 bits per heavy atom. The minimum Gasteiger partial charge on any atom is -0.481 e. The molecule has 0 aromatic carbocycles. The van der Waals surface area contributed by atoms with E-state index >= 15 is 0 Å². The number of carboxylic acids is 1. The molecule has 0 aromatic rings. The number of aliphatic carboxylic acids is 1. The van der Waals surface area contributed by atoms with Crippen LogP contribution in [-0.4, -0.2) is 24.2 Å². The lowest BCUT2D eigenvalue weighted by Crippen LogP contribution is -2.21. The van der Waals surface area contributed by atoms with Crippen molar-refractivity contribution in [3.8, 4) is 0 Å². The number of piperidine rings is 1. The molecule has 0 radical (unpaired) electrons. The normalized spacial score (nSPS) is 15.5. The van der Waals surface area contributed by atoms with Crippen molar-refractivity contribution in [1.29, 1.82) is 0 Å². The van der Waals surface area contributed by atoms with Gasteiger partial charge in [-0.15, -0.1) is 0 Å². The fraction of sp³-hybridized carbons (Fsp3) is 0.909. The third kappa shape index (κ3) is 11.4. The van der Waals surface area contributed by atoms with E-state index < -0.39 is 5.97 Å². The largest absolute Gasteiger partial charge is 0.481 e. The maximum Gasteiger partial charge on any atom is 0.303 e. The van der Waals surface area contributed by atoms with E-state index in [1.165, 1.54) is 32.4 Å². The van der Waals surface area contributed by atoms with E-state index in [2.05, 4.69) is 12.2 Å². The van der Waals surface area contributed by atoms with Gasteiger partial charge in [-0.2, -0.15) is 0 Å². The van der Waals surface area contributed by atoms with Crippen LogP contribution in [0.3, 0.4) is 0 Å². The van der Waals surface area contributed by atoms with Crippen LogP contribution in [-0.2, 0) is 4.79 Å². The topological polar surface area (TPSA) is 49.3 Å². The number of carbonyl (C=O) groups is 1. The van der Waals surface area contributed by atoms with Crippen LogP contribution in [0.5, 0.6) is 0 Å². The average molecular weight is 201 g/mol. The molecule has 0 unspecified atom stereocenters. The van der Waals surface area contributed by atoms with E-state index in [0.717, 1.165) is 19.3 Å². The Kier molecular flexibility index (Phi) is 10.1. The molecule has 1 rings (SSSR count). The lowest BCUT2D eigenvalue weighted by atomic mass is 10.2. The van der Waals surface area contributed by atoms with Gasteiger partial charge in [-0.05, 0) is 32.4 Å². The second-order valence-electron chi connectivity index (χ2n) is 3.66. The Balaban J connectivity index is 0.000000249. The summed E-state index contributed by atoms with van der Waals surface area (Å²) in [6.45, 7) is 4.56. The van der Waals surface area contributed by atoms with Crippen LogP contribution in [0.1, 0.15) is 51.9 Å². The molecule has 0 atom stereocenters. The lowest BCUT2D eigenvalue weighted by molar-refractivity contribution is -0.137. The van der Waals surface area contributed by atoms with Crippen LogP contribution in [0, 0.1) is 0 Å². The van der Waals surface area contributed by atoms with Crippen molar-refractivity contribution in [1.82, 2.24) is 5.32 Å². The molecule has 0 aromatic heterocycles. The standard InChI is InChI=1S/C6H12O2.C5H11N/c1-2-3-4-5-6(7)8;1-2-4-6-5-3-1/h2-5H2,1H3,(H,7,8);6H,1-5H2. The highest BCUT2D eigenvalue weighted by atomic mass is 16.4. The van der Waals surface area contributed by atoms with E-state index in [-0.39, 0.29) is 0 Å². The molecule has 1 aliphatic rings. The summed E-state index contributed by atoms with van der Waals surface area (Å²) in [5.74, 6) is -0.682. The zero-order valence-corrected chi connectivity index (χ0v) is 9.22. The first kappa shape index (κ1) is 13.4. The number of carboxylic acid groups (broad SMARTS) is 1. The third-order valence-corrected chi connectivity index (χ3v) is 2.20. The van der Waals surface area contributed by atoms with E-state index in [1.54, 1.807) is 0 Å². The van der Waals surface area contributed by atoms with E-state index in [0.29, 0.717) is 6.42 Å². The lowest BCUT2D eigenvalue weighted by Gasteiger charge is -2.08. The molecule has 3 heteroatoms. The zero-order chi connectivity index (χ0) is 10.6. The first-order chi connectivity index (χ1) is 6.77. The summed E-state index contributed by atoms with van der Waals surface area (Å²) >= 11 is 0. The van der Waals surface area contributed by atoms with Gasteiger partial charge in [0.25, 0.3) is 0 Å². The number of rotatable bonds is 4. The van der Waals surface area contributed by atoms with Crippen LogP contribution < -0.4 is 5.32 Å². The van der Waals surface area contributed by atoms with Crippen LogP contribution in [0.4, 0.5) is 0 Å². The number of hydrogen-bond donors (Lipinski definition) is 2. The molecule has 1 aliphatic heterocycles. The second-order valence-corrected chi connectivity index (χ2v) is 3.66. The summed E-state index contributed by atoms with van der Waals surface area (Å²) < 4.78 is 0. The van der Waals surface area contributed by atoms with Crippen molar-refractivity contribution in [2.45, 2.75) is 51.9 Å². The van der Waals surface area contributed by atoms with Crippen LogP contribution in [0.15, 0.2) is 0 Å². The van der Waals surface area contributed by atoms with Crippen LogP contribution in [0.2, 0.25) is 0 Å². The molecule has 0 saturated carbocycles. The van der Waals surface area contributed by atoms with Crippen molar-refractivity contribution < 1.29 is 9.90 Å². The molecule has 1 fully saturated rings. The summed E-state index contributed by atoms with van der Waals surface area (Å²) in [6.07, 6.45) is 7.49. The smallest absolute Gasteiger partial charge is 0.303 e. The van der Waals surface area contributed by atoms with Gasteiger partial charge in [0.05, 0.1) is 0 Å². The SMILES string of the molecule is C1CCNCC1.CCCCCC(=O)O. The second kappa shape index (κ2) is 10.5.